The molecule has 0 aromatic rings. The fraction of sp³-hybridized carbons (Fsp3) is 0.938. The summed E-state index contributed by atoms with van der Waals surface area (Å²) in [5.41, 5.74) is 0. The maximum absolute atomic E-state index is 10.3. The number of aliphatic hydroxyl groups excluding tert-OH is 2. The van der Waals surface area contributed by atoms with Crippen molar-refractivity contribution >= 4 is 5.97 Å². The van der Waals surface area contributed by atoms with Crippen molar-refractivity contribution in [3.8, 4) is 0 Å². The fourth-order valence-electron chi connectivity index (χ4n) is 2.33. The van der Waals surface area contributed by atoms with Crippen molar-refractivity contribution in [2.24, 2.45) is 0 Å². The minimum Gasteiger partial charge on any atom is -0.481 e. The Kier molecular flexibility index (Phi) is 13.0. The molecule has 2 atom stereocenters. The fourth-order valence-corrected chi connectivity index (χ4v) is 2.33. The third kappa shape index (κ3) is 12.4. The van der Waals surface area contributed by atoms with E-state index in [-0.39, 0.29) is 6.42 Å². The Hall–Kier alpha value is -0.610. The second kappa shape index (κ2) is 13.4. The lowest BCUT2D eigenvalue weighted by Gasteiger charge is -2.17. The molecule has 0 bridgehead atoms. The van der Waals surface area contributed by atoms with Crippen LogP contribution in [-0.2, 0) is 4.79 Å². The molecule has 0 saturated carbocycles. The summed E-state index contributed by atoms with van der Waals surface area (Å²) in [5, 5.41) is 28.1. The van der Waals surface area contributed by atoms with Gasteiger partial charge >= 0.3 is 5.97 Å². The first-order valence-electron chi connectivity index (χ1n) is 8.15. The largest absolute Gasteiger partial charge is 0.481 e. The van der Waals surface area contributed by atoms with E-state index in [1.54, 1.807) is 0 Å². The third-order valence-corrected chi connectivity index (χ3v) is 3.69. The minimum atomic E-state index is -0.730. The second-order valence-electron chi connectivity index (χ2n) is 5.68. The van der Waals surface area contributed by atoms with Crippen molar-refractivity contribution in [2.75, 3.05) is 0 Å². The molecule has 0 aromatic heterocycles. The standard InChI is InChI=1S/C16H32O4/c1-2-3-4-8-11-14(17)15(18)12-9-6-5-7-10-13-16(19)20/h14-15,17-18H,2-13H2,1H3,(H,19,20). The molecular formula is C16H32O4. The number of unbranched alkanes of at least 4 members (excludes halogenated alkanes) is 7. The van der Waals surface area contributed by atoms with Crippen molar-refractivity contribution < 1.29 is 20.1 Å². The molecule has 0 radical (unpaired) electrons. The van der Waals surface area contributed by atoms with Crippen LogP contribution in [0.5, 0.6) is 0 Å². The van der Waals surface area contributed by atoms with Gasteiger partial charge in [-0.1, -0.05) is 58.3 Å². The molecule has 0 spiro atoms. The summed E-state index contributed by atoms with van der Waals surface area (Å²) >= 11 is 0. The van der Waals surface area contributed by atoms with Crippen molar-refractivity contribution in [2.45, 2.75) is 96.2 Å². The van der Waals surface area contributed by atoms with Gasteiger partial charge in [0, 0.05) is 6.42 Å². The monoisotopic (exact) mass is 288 g/mol. The molecule has 0 saturated heterocycles. The van der Waals surface area contributed by atoms with E-state index in [9.17, 15) is 15.0 Å². The Bertz CT molecular complexity index is 231. The highest BCUT2D eigenvalue weighted by Gasteiger charge is 2.14. The molecular weight excluding hydrogens is 256 g/mol. The van der Waals surface area contributed by atoms with Gasteiger partial charge in [0.25, 0.3) is 0 Å². The van der Waals surface area contributed by atoms with Crippen LogP contribution in [0.15, 0.2) is 0 Å². The van der Waals surface area contributed by atoms with E-state index in [1.165, 1.54) is 12.8 Å². The Morgan fingerprint density at radius 2 is 1.25 bits per heavy atom. The van der Waals surface area contributed by atoms with Crippen LogP contribution in [0.2, 0.25) is 0 Å². The zero-order valence-corrected chi connectivity index (χ0v) is 12.9. The number of carbonyl (C=O) groups is 1. The van der Waals surface area contributed by atoms with Crippen LogP contribution < -0.4 is 0 Å². The van der Waals surface area contributed by atoms with Gasteiger partial charge in [0.05, 0.1) is 12.2 Å². The number of hydrogen-bond donors (Lipinski definition) is 3. The van der Waals surface area contributed by atoms with E-state index >= 15 is 0 Å². The number of carboxylic acid groups (broad SMARTS) is 1. The van der Waals surface area contributed by atoms with E-state index in [4.69, 9.17) is 5.11 Å². The van der Waals surface area contributed by atoms with Crippen molar-refractivity contribution in [1.82, 2.24) is 0 Å². The summed E-state index contributed by atoms with van der Waals surface area (Å²) in [4.78, 5) is 10.3. The quantitative estimate of drug-likeness (QED) is 0.428. The Morgan fingerprint density at radius 1 is 0.800 bits per heavy atom. The van der Waals surface area contributed by atoms with Crippen LogP contribution in [0.1, 0.15) is 84.0 Å². The van der Waals surface area contributed by atoms with E-state index in [0.29, 0.717) is 12.8 Å². The second-order valence-corrected chi connectivity index (χ2v) is 5.68. The minimum absolute atomic E-state index is 0.249. The van der Waals surface area contributed by atoms with Crippen LogP contribution in [0, 0.1) is 0 Å². The summed E-state index contributed by atoms with van der Waals surface area (Å²) in [6.07, 6.45) is 9.47. The van der Waals surface area contributed by atoms with E-state index < -0.39 is 18.2 Å². The molecule has 20 heavy (non-hydrogen) atoms. The van der Waals surface area contributed by atoms with Crippen LogP contribution in [0.25, 0.3) is 0 Å². The van der Waals surface area contributed by atoms with Crippen LogP contribution in [0.4, 0.5) is 0 Å². The molecule has 0 heterocycles. The van der Waals surface area contributed by atoms with Gasteiger partial charge in [-0.25, -0.2) is 0 Å². The molecule has 0 aromatic carbocycles. The van der Waals surface area contributed by atoms with Gasteiger partial charge in [-0.15, -0.1) is 0 Å². The lowest BCUT2D eigenvalue weighted by atomic mass is 10.00. The lowest BCUT2D eigenvalue weighted by Crippen LogP contribution is -2.25. The molecule has 120 valence electrons. The highest BCUT2D eigenvalue weighted by molar-refractivity contribution is 5.66. The van der Waals surface area contributed by atoms with Gasteiger partial charge in [0.1, 0.15) is 0 Å². The number of aliphatic carboxylic acids is 1. The Balaban J connectivity index is 3.38. The highest BCUT2D eigenvalue weighted by Crippen LogP contribution is 2.14. The van der Waals surface area contributed by atoms with Gasteiger partial charge in [-0.05, 0) is 19.3 Å². The van der Waals surface area contributed by atoms with E-state index in [2.05, 4.69) is 6.92 Å². The Labute approximate surface area is 123 Å². The zero-order valence-electron chi connectivity index (χ0n) is 12.9. The van der Waals surface area contributed by atoms with Gasteiger partial charge in [-0.3, -0.25) is 4.79 Å². The SMILES string of the molecule is CCCCCCC(O)C(O)CCCCCCCC(=O)O. The van der Waals surface area contributed by atoms with Gasteiger partial charge in [-0.2, -0.15) is 0 Å². The predicted molar refractivity (Wildman–Crippen MR) is 80.7 cm³/mol. The van der Waals surface area contributed by atoms with Crippen LogP contribution >= 0.6 is 0 Å². The van der Waals surface area contributed by atoms with E-state index in [0.717, 1.165) is 44.9 Å². The van der Waals surface area contributed by atoms with Gasteiger partial charge in [0.2, 0.25) is 0 Å². The summed E-state index contributed by atoms with van der Waals surface area (Å²) in [6.45, 7) is 2.15. The summed E-state index contributed by atoms with van der Waals surface area (Å²) in [6, 6.07) is 0. The van der Waals surface area contributed by atoms with Crippen molar-refractivity contribution in [1.29, 1.82) is 0 Å². The van der Waals surface area contributed by atoms with Crippen LogP contribution in [-0.4, -0.2) is 33.5 Å². The highest BCUT2D eigenvalue weighted by atomic mass is 16.4. The first-order valence-corrected chi connectivity index (χ1v) is 8.15. The maximum Gasteiger partial charge on any atom is 0.303 e. The summed E-state index contributed by atoms with van der Waals surface area (Å²) in [7, 11) is 0. The normalized spacial score (nSPS) is 14.2. The predicted octanol–water partition coefficient (Wildman–Crippen LogP) is 3.49. The third-order valence-electron chi connectivity index (χ3n) is 3.69. The summed E-state index contributed by atoms with van der Waals surface area (Å²) < 4.78 is 0. The van der Waals surface area contributed by atoms with Gasteiger partial charge in [0.15, 0.2) is 0 Å². The molecule has 2 unspecified atom stereocenters. The Morgan fingerprint density at radius 3 is 1.75 bits per heavy atom. The average molecular weight is 288 g/mol. The van der Waals surface area contributed by atoms with Crippen LogP contribution in [0.3, 0.4) is 0 Å². The number of hydrogen-bond acceptors (Lipinski definition) is 3. The first-order chi connectivity index (χ1) is 9.57. The number of rotatable bonds is 14. The van der Waals surface area contributed by atoms with Crippen molar-refractivity contribution in [3.63, 3.8) is 0 Å². The topological polar surface area (TPSA) is 77.8 Å². The average Bonchev–Trinajstić information content (AvgIpc) is 2.41. The molecule has 0 fully saturated rings. The number of carboxylic acids is 1. The smallest absolute Gasteiger partial charge is 0.303 e. The maximum atomic E-state index is 10.3. The van der Waals surface area contributed by atoms with Gasteiger partial charge < -0.3 is 15.3 Å². The molecule has 0 aliphatic carbocycles. The summed E-state index contributed by atoms with van der Waals surface area (Å²) in [5.74, 6) is -0.730. The molecule has 3 N–H and O–H groups in total. The molecule has 0 amide bonds. The first kappa shape index (κ1) is 19.4. The number of aliphatic hydroxyl groups is 2. The lowest BCUT2D eigenvalue weighted by molar-refractivity contribution is -0.137. The molecule has 4 nitrogen and oxygen atoms in total. The molecule has 0 aliphatic rings. The molecule has 4 heteroatoms. The van der Waals surface area contributed by atoms with E-state index in [1.807, 2.05) is 0 Å². The molecule has 0 rings (SSSR count). The van der Waals surface area contributed by atoms with Crippen molar-refractivity contribution in [3.05, 3.63) is 0 Å². The zero-order chi connectivity index (χ0) is 15.2. The molecule has 0 aliphatic heterocycles.